The number of thiocarbonyl (C=S) groups is 1. The molecule has 2 aromatic rings. The van der Waals surface area contributed by atoms with E-state index in [0.717, 1.165) is 3.57 Å². The number of anilines is 1. The minimum atomic E-state index is -3.81. The van der Waals surface area contributed by atoms with Crippen LogP contribution in [-0.2, 0) is 10.0 Å². The fourth-order valence-electron chi connectivity index (χ4n) is 1.59. The van der Waals surface area contributed by atoms with Gasteiger partial charge in [-0.2, -0.15) is 0 Å². The summed E-state index contributed by atoms with van der Waals surface area (Å²) in [6.07, 6.45) is 0. The molecular formula is C13H10ClIN2O2S2. The summed E-state index contributed by atoms with van der Waals surface area (Å²) in [6.45, 7) is 0. The maximum absolute atomic E-state index is 12.4. The van der Waals surface area contributed by atoms with Gasteiger partial charge in [-0.25, -0.2) is 8.42 Å². The van der Waals surface area contributed by atoms with Crippen LogP contribution in [0.1, 0.15) is 5.56 Å². The summed E-state index contributed by atoms with van der Waals surface area (Å²) in [6, 6.07) is 11.3. The van der Waals surface area contributed by atoms with Gasteiger partial charge in [0.05, 0.1) is 5.02 Å². The molecule has 3 N–H and O–H groups in total. The zero-order valence-electron chi connectivity index (χ0n) is 10.5. The first-order chi connectivity index (χ1) is 9.79. The van der Waals surface area contributed by atoms with Crippen molar-refractivity contribution in [2.45, 2.75) is 4.90 Å². The minimum absolute atomic E-state index is 0.0620. The zero-order chi connectivity index (χ0) is 15.6. The molecule has 0 radical (unpaired) electrons. The van der Waals surface area contributed by atoms with Crippen molar-refractivity contribution in [2.75, 3.05) is 4.72 Å². The molecule has 0 aromatic heterocycles. The zero-order valence-corrected chi connectivity index (χ0v) is 15.1. The lowest BCUT2D eigenvalue weighted by Gasteiger charge is -2.11. The summed E-state index contributed by atoms with van der Waals surface area (Å²) >= 11 is 13.0. The van der Waals surface area contributed by atoms with Crippen LogP contribution >= 0.6 is 46.4 Å². The van der Waals surface area contributed by atoms with Crippen molar-refractivity contribution in [2.24, 2.45) is 5.73 Å². The SMILES string of the molecule is NC(=S)c1ccc(Cl)c(S(=O)(=O)Nc2ccc(I)cc2)c1. The Morgan fingerprint density at radius 2 is 1.81 bits per heavy atom. The summed E-state index contributed by atoms with van der Waals surface area (Å²) in [5.41, 5.74) is 6.41. The molecule has 0 amide bonds. The minimum Gasteiger partial charge on any atom is -0.389 e. The monoisotopic (exact) mass is 452 g/mol. The average molecular weight is 453 g/mol. The van der Waals surface area contributed by atoms with E-state index in [2.05, 4.69) is 27.3 Å². The van der Waals surface area contributed by atoms with Crippen LogP contribution in [-0.4, -0.2) is 13.4 Å². The molecule has 0 saturated heterocycles. The Kier molecular flexibility index (Phi) is 5.07. The lowest BCUT2D eigenvalue weighted by atomic mass is 10.2. The van der Waals surface area contributed by atoms with Gasteiger partial charge in [0.2, 0.25) is 0 Å². The Hall–Kier alpha value is -0.900. The van der Waals surface area contributed by atoms with Crippen molar-refractivity contribution in [1.82, 2.24) is 0 Å². The third-order valence-electron chi connectivity index (χ3n) is 2.60. The van der Waals surface area contributed by atoms with Gasteiger partial charge in [-0.15, -0.1) is 0 Å². The van der Waals surface area contributed by atoms with E-state index in [1.165, 1.54) is 12.1 Å². The van der Waals surface area contributed by atoms with Gasteiger partial charge in [-0.3, -0.25) is 4.72 Å². The molecule has 2 aromatic carbocycles. The lowest BCUT2D eigenvalue weighted by Crippen LogP contribution is -2.16. The van der Waals surface area contributed by atoms with Gasteiger partial charge in [0.25, 0.3) is 10.0 Å². The first kappa shape index (κ1) is 16.5. The molecule has 0 aliphatic rings. The highest BCUT2D eigenvalue weighted by Crippen LogP contribution is 2.25. The van der Waals surface area contributed by atoms with Crippen LogP contribution in [0.5, 0.6) is 0 Å². The van der Waals surface area contributed by atoms with Crippen molar-refractivity contribution in [1.29, 1.82) is 0 Å². The Morgan fingerprint density at radius 3 is 2.38 bits per heavy atom. The second-order valence-electron chi connectivity index (χ2n) is 4.12. The topological polar surface area (TPSA) is 72.2 Å². The van der Waals surface area contributed by atoms with Crippen LogP contribution in [0.4, 0.5) is 5.69 Å². The lowest BCUT2D eigenvalue weighted by molar-refractivity contribution is 0.601. The summed E-state index contributed by atoms with van der Waals surface area (Å²) in [4.78, 5) is 0.0467. The van der Waals surface area contributed by atoms with E-state index in [4.69, 9.17) is 29.6 Å². The number of halogens is 2. The first-order valence-corrected chi connectivity index (χ1v) is 9.02. The van der Waals surface area contributed by atoms with Crippen molar-refractivity contribution in [3.63, 3.8) is 0 Å². The molecule has 0 aliphatic heterocycles. The number of hydrogen-bond acceptors (Lipinski definition) is 3. The molecule has 0 heterocycles. The summed E-state index contributed by atoms with van der Waals surface area (Å²) < 4.78 is 28.3. The standard InChI is InChI=1S/C13H10ClIN2O2S2/c14-11-6-1-8(13(16)20)7-12(11)21(18,19)17-10-4-2-9(15)3-5-10/h1-7,17H,(H2,16,20). The third kappa shape index (κ3) is 4.06. The van der Waals surface area contributed by atoms with Crippen LogP contribution in [0.2, 0.25) is 5.02 Å². The highest BCUT2D eigenvalue weighted by molar-refractivity contribution is 14.1. The highest BCUT2D eigenvalue weighted by atomic mass is 127. The Bertz CT molecular complexity index is 792. The molecule has 21 heavy (non-hydrogen) atoms. The number of rotatable bonds is 4. The van der Waals surface area contributed by atoms with E-state index < -0.39 is 10.0 Å². The molecule has 0 unspecified atom stereocenters. The maximum atomic E-state index is 12.4. The number of nitrogens with one attached hydrogen (secondary N) is 1. The molecule has 8 heteroatoms. The fourth-order valence-corrected chi connectivity index (χ4v) is 3.66. The second-order valence-corrected chi connectivity index (χ2v) is 7.87. The molecule has 2 rings (SSSR count). The highest BCUT2D eigenvalue weighted by Gasteiger charge is 2.19. The number of sulfonamides is 1. The quantitative estimate of drug-likeness (QED) is 0.551. The van der Waals surface area contributed by atoms with Crippen molar-refractivity contribution < 1.29 is 8.42 Å². The fraction of sp³-hybridized carbons (Fsp3) is 0. The molecule has 0 bridgehead atoms. The summed E-state index contributed by atoms with van der Waals surface area (Å²) in [5.74, 6) is 0. The first-order valence-electron chi connectivity index (χ1n) is 5.67. The molecular weight excluding hydrogens is 443 g/mol. The predicted octanol–water partition coefficient (Wildman–Crippen LogP) is 3.38. The molecule has 0 fully saturated rings. The Morgan fingerprint density at radius 1 is 1.19 bits per heavy atom. The van der Waals surface area contributed by atoms with Gasteiger partial charge in [0.15, 0.2) is 0 Å². The van der Waals surface area contributed by atoms with Gasteiger partial charge < -0.3 is 5.73 Å². The normalized spacial score (nSPS) is 11.1. The third-order valence-corrected chi connectivity index (χ3v) is 5.42. The average Bonchev–Trinajstić information content (AvgIpc) is 2.41. The van der Waals surface area contributed by atoms with Crippen molar-refractivity contribution in [3.05, 3.63) is 56.6 Å². The van der Waals surface area contributed by atoms with Gasteiger partial charge in [-0.1, -0.05) is 29.9 Å². The van der Waals surface area contributed by atoms with Crippen LogP contribution in [0.3, 0.4) is 0 Å². The van der Waals surface area contributed by atoms with Gasteiger partial charge in [-0.05, 0) is 59.0 Å². The van der Waals surface area contributed by atoms with E-state index in [1.54, 1.807) is 30.3 Å². The van der Waals surface area contributed by atoms with Crippen LogP contribution in [0.25, 0.3) is 0 Å². The van der Waals surface area contributed by atoms with Crippen molar-refractivity contribution in [3.8, 4) is 0 Å². The second kappa shape index (κ2) is 6.47. The van der Waals surface area contributed by atoms with E-state index >= 15 is 0 Å². The van der Waals surface area contributed by atoms with E-state index in [1.807, 2.05) is 0 Å². The van der Waals surface area contributed by atoms with Gasteiger partial charge in [0, 0.05) is 14.8 Å². The molecule has 110 valence electrons. The van der Waals surface area contributed by atoms with Gasteiger partial charge >= 0.3 is 0 Å². The number of hydrogen-bond donors (Lipinski definition) is 2. The number of benzene rings is 2. The Balaban J connectivity index is 2.41. The molecule has 0 spiro atoms. The molecule has 0 saturated carbocycles. The number of nitrogens with two attached hydrogens (primary N) is 1. The molecule has 4 nitrogen and oxygen atoms in total. The van der Waals surface area contributed by atoms with Crippen LogP contribution in [0.15, 0.2) is 47.4 Å². The van der Waals surface area contributed by atoms with Crippen LogP contribution in [0, 0.1) is 3.57 Å². The molecule has 0 aliphatic carbocycles. The maximum Gasteiger partial charge on any atom is 0.263 e. The summed E-state index contributed by atoms with van der Waals surface area (Å²) in [5, 5.41) is 0.105. The van der Waals surface area contributed by atoms with Gasteiger partial charge in [0.1, 0.15) is 9.88 Å². The van der Waals surface area contributed by atoms with E-state index in [9.17, 15) is 8.42 Å². The molecule has 0 atom stereocenters. The summed E-state index contributed by atoms with van der Waals surface area (Å²) in [7, 11) is -3.81. The predicted molar refractivity (Wildman–Crippen MR) is 97.3 cm³/mol. The smallest absolute Gasteiger partial charge is 0.263 e. The van der Waals surface area contributed by atoms with Crippen LogP contribution < -0.4 is 10.5 Å². The Labute approximate surface area is 146 Å². The van der Waals surface area contributed by atoms with E-state index in [0.29, 0.717) is 11.3 Å². The van der Waals surface area contributed by atoms with Crippen molar-refractivity contribution >= 4 is 67.1 Å². The largest absolute Gasteiger partial charge is 0.389 e. The van der Waals surface area contributed by atoms with E-state index in [-0.39, 0.29) is 14.9 Å².